The van der Waals surface area contributed by atoms with Gasteiger partial charge >= 0.3 is 5.97 Å². The van der Waals surface area contributed by atoms with E-state index >= 15 is 0 Å². The summed E-state index contributed by atoms with van der Waals surface area (Å²) in [6.45, 7) is 4.09. The van der Waals surface area contributed by atoms with E-state index in [1.165, 1.54) is 7.11 Å². The van der Waals surface area contributed by atoms with E-state index in [1.807, 2.05) is 0 Å². The van der Waals surface area contributed by atoms with Crippen LogP contribution in [0.25, 0.3) is 0 Å². The number of piperazine rings is 1. The normalized spacial score (nSPS) is 15.8. The van der Waals surface area contributed by atoms with Crippen LogP contribution in [0.2, 0.25) is 0 Å². The minimum Gasteiger partial charge on any atom is -0.481 e. The molecular weight excluding hydrogens is 274 g/mol. The first kappa shape index (κ1) is 15.3. The molecule has 116 valence electrons. The lowest BCUT2D eigenvalue weighted by Gasteiger charge is -2.35. The Morgan fingerprint density at radius 3 is 2.62 bits per heavy atom. The molecule has 21 heavy (non-hydrogen) atoms. The quantitative estimate of drug-likeness (QED) is 0.743. The lowest BCUT2D eigenvalue weighted by molar-refractivity contribution is -0.141. The topological polar surface area (TPSA) is 93.8 Å². The van der Waals surface area contributed by atoms with Crippen LogP contribution in [0.1, 0.15) is 6.42 Å². The SMILES string of the molecule is COC(=O)CCN1CCN(c2cc(OC)nc(N)n2)CC1. The second-order valence-electron chi connectivity index (χ2n) is 4.78. The highest BCUT2D eigenvalue weighted by Gasteiger charge is 2.19. The predicted octanol–water partition coefficient (Wildman–Crippen LogP) is -0.247. The molecule has 1 saturated heterocycles. The maximum atomic E-state index is 11.1. The van der Waals surface area contributed by atoms with Crippen molar-refractivity contribution >= 4 is 17.7 Å². The van der Waals surface area contributed by atoms with Gasteiger partial charge in [-0.05, 0) is 0 Å². The summed E-state index contributed by atoms with van der Waals surface area (Å²) in [6, 6.07) is 1.78. The van der Waals surface area contributed by atoms with Gasteiger partial charge in [0.1, 0.15) is 5.82 Å². The van der Waals surface area contributed by atoms with Gasteiger partial charge in [0, 0.05) is 38.8 Å². The van der Waals surface area contributed by atoms with E-state index in [9.17, 15) is 4.79 Å². The third kappa shape index (κ3) is 4.19. The van der Waals surface area contributed by atoms with Gasteiger partial charge in [0.2, 0.25) is 11.8 Å². The van der Waals surface area contributed by atoms with E-state index in [0.29, 0.717) is 12.3 Å². The molecule has 0 amide bonds. The van der Waals surface area contributed by atoms with Crippen molar-refractivity contribution in [3.63, 3.8) is 0 Å². The lowest BCUT2D eigenvalue weighted by Crippen LogP contribution is -2.47. The largest absolute Gasteiger partial charge is 0.481 e. The number of hydrogen-bond donors (Lipinski definition) is 1. The Hall–Kier alpha value is -2.09. The number of methoxy groups -OCH3 is 2. The van der Waals surface area contributed by atoms with Crippen molar-refractivity contribution in [1.29, 1.82) is 0 Å². The number of anilines is 2. The third-order valence-electron chi connectivity index (χ3n) is 3.47. The van der Waals surface area contributed by atoms with Crippen molar-refractivity contribution in [2.24, 2.45) is 0 Å². The molecule has 2 rings (SSSR count). The number of ether oxygens (including phenoxy) is 2. The summed E-state index contributed by atoms with van der Waals surface area (Å²) in [7, 11) is 2.96. The van der Waals surface area contributed by atoms with E-state index < -0.39 is 0 Å². The Bertz CT molecular complexity index is 489. The smallest absolute Gasteiger partial charge is 0.306 e. The van der Waals surface area contributed by atoms with Gasteiger partial charge in [0.25, 0.3) is 0 Å². The fourth-order valence-electron chi connectivity index (χ4n) is 2.25. The van der Waals surface area contributed by atoms with Gasteiger partial charge in [0.05, 0.1) is 20.6 Å². The predicted molar refractivity (Wildman–Crippen MR) is 78.3 cm³/mol. The van der Waals surface area contributed by atoms with Crippen LogP contribution in [0.15, 0.2) is 6.07 Å². The molecule has 1 fully saturated rings. The summed E-state index contributed by atoms with van der Waals surface area (Å²) in [4.78, 5) is 23.7. The molecule has 8 nitrogen and oxygen atoms in total. The Balaban J connectivity index is 1.89. The molecular formula is C13H21N5O3. The Morgan fingerprint density at radius 1 is 1.29 bits per heavy atom. The highest BCUT2D eigenvalue weighted by Crippen LogP contribution is 2.19. The molecule has 2 N–H and O–H groups in total. The zero-order valence-electron chi connectivity index (χ0n) is 12.4. The summed E-state index contributed by atoms with van der Waals surface area (Å²) in [6.07, 6.45) is 0.421. The minimum atomic E-state index is -0.175. The number of hydrogen-bond acceptors (Lipinski definition) is 8. The van der Waals surface area contributed by atoms with Crippen LogP contribution in [-0.4, -0.2) is 67.8 Å². The van der Waals surface area contributed by atoms with Gasteiger partial charge in [0.15, 0.2) is 0 Å². The van der Waals surface area contributed by atoms with E-state index in [0.717, 1.165) is 38.5 Å². The second kappa shape index (κ2) is 7.07. The molecule has 0 radical (unpaired) electrons. The van der Waals surface area contributed by atoms with E-state index in [1.54, 1.807) is 13.2 Å². The van der Waals surface area contributed by atoms with Crippen LogP contribution in [0, 0.1) is 0 Å². The van der Waals surface area contributed by atoms with Gasteiger partial charge in [-0.2, -0.15) is 9.97 Å². The Kier molecular flexibility index (Phi) is 5.15. The molecule has 0 spiro atoms. The first-order chi connectivity index (χ1) is 10.1. The van der Waals surface area contributed by atoms with Crippen LogP contribution in [0.4, 0.5) is 11.8 Å². The number of carbonyl (C=O) groups is 1. The minimum absolute atomic E-state index is 0.175. The molecule has 0 aromatic carbocycles. The number of nitrogens with zero attached hydrogens (tertiary/aromatic N) is 4. The molecule has 0 atom stereocenters. The van der Waals surface area contributed by atoms with Gasteiger partial charge in [-0.15, -0.1) is 0 Å². The zero-order valence-corrected chi connectivity index (χ0v) is 12.4. The number of carbonyl (C=O) groups excluding carboxylic acids is 1. The summed E-state index contributed by atoms with van der Waals surface area (Å²) < 4.78 is 9.75. The van der Waals surface area contributed by atoms with Crippen molar-refractivity contribution in [2.45, 2.75) is 6.42 Å². The molecule has 2 heterocycles. The number of rotatable bonds is 5. The monoisotopic (exact) mass is 295 g/mol. The second-order valence-corrected chi connectivity index (χ2v) is 4.78. The summed E-state index contributed by atoms with van der Waals surface area (Å²) in [5.41, 5.74) is 5.67. The molecule has 0 saturated carbocycles. The average molecular weight is 295 g/mol. The van der Waals surface area contributed by atoms with Crippen LogP contribution in [-0.2, 0) is 9.53 Å². The van der Waals surface area contributed by atoms with Gasteiger partial charge in [-0.3, -0.25) is 9.69 Å². The van der Waals surface area contributed by atoms with E-state index in [4.69, 9.17) is 10.5 Å². The first-order valence-corrected chi connectivity index (χ1v) is 6.85. The molecule has 0 bridgehead atoms. The molecule has 0 unspecified atom stereocenters. The number of nitrogen functional groups attached to an aromatic ring is 1. The molecule has 1 aliphatic rings. The number of esters is 1. The number of aromatic nitrogens is 2. The highest BCUT2D eigenvalue weighted by atomic mass is 16.5. The fourth-order valence-corrected chi connectivity index (χ4v) is 2.25. The van der Waals surface area contributed by atoms with Gasteiger partial charge in [-0.25, -0.2) is 0 Å². The van der Waals surface area contributed by atoms with Crippen molar-refractivity contribution in [2.75, 3.05) is 57.6 Å². The third-order valence-corrected chi connectivity index (χ3v) is 3.47. The van der Waals surface area contributed by atoms with E-state index in [-0.39, 0.29) is 11.9 Å². The molecule has 1 aromatic heterocycles. The number of nitrogens with two attached hydrogens (primary N) is 1. The summed E-state index contributed by atoms with van der Waals surface area (Å²) >= 11 is 0. The van der Waals surface area contributed by atoms with E-state index in [2.05, 4.69) is 24.5 Å². The van der Waals surface area contributed by atoms with Crippen molar-refractivity contribution in [3.05, 3.63) is 6.07 Å². The van der Waals surface area contributed by atoms with Gasteiger partial charge in [-0.1, -0.05) is 0 Å². The Labute approximate surface area is 123 Å². The van der Waals surface area contributed by atoms with Gasteiger partial charge < -0.3 is 20.1 Å². The highest BCUT2D eigenvalue weighted by molar-refractivity contribution is 5.69. The average Bonchev–Trinajstić information content (AvgIpc) is 2.52. The maximum absolute atomic E-state index is 11.1. The molecule has 8 heteroatoms. The maximum Gasteiger partial charge on any atom is 0.306 e. The van der Waals surface area contributed by atoms with Crippen molar-refractivity contribution in [1.82, 2.24) is 14.9 Å². The lowest BCUT2D eigenvalue weighted by atomic mass is 10.3. The fraction of sp³-hybridized carbons (Fsp3) is 0.615. The summed E-state index contributed by atoms with van der Waals surface area (Å²) in [5.74, 6) is 1.26. The van der Waals surface area contributed by atoms with Crippen molar-refractivity contribution < 1.29 is 14.3 Å². The van der Waals surface area contributed by atoms with Crippen LogP contribution >= 0.6 is 0 Å². The zero-order chi connectivity index (χ0) is 15.2. The van der Waals surface area contributed by atoms with Crippen molar-refractivity contribution in [3.8, 4) is 5.88 Å². The van der Waals surface area contributed by atoms with Crippen LogP contribution < -0.4 is 15.4 Å². The molecule has 1 aliphatic heterocycles. The Morgan fingerprint density at radius 2 is 2.00 bits per heavy atom. The van der Waals surface area contributed by atoms with Crippen LogP contribution in [0.5, 0.6) is 5.88 Å². The standard InChI is InChI=1S/C13H21N5O3/c1-20-11-9-10(15-13(14)16-11)18-7-5-17(6-8-18)4-3-12(19)21-2/h9H,3-8H2,1-2H3,(H2,14,15,16). The molecule has 0 aliphatic carbocycles. The molecule has 1 aromatic rings. The first-order valence-electron chi connectivity index (χ1n) is 6.85. The summed E-state index contributed by atoms with van der Waals surface area (Å²) in [5, 5.41) is 0. The van der Waals surface area contributed by atoms with Crippen LogP contribution in [0.3, 0.4) is 0 Å².